The first-order valence-electron chi connectivity index (χ1n) is 7.66. The van der Waals surface area contributed by atoms with Crippen molar-refractivity contribution in [2.45, 2.75) is 13.0 Å². The molecule has 25 heavy (non-hydrogen) atoms. The highest BCUT2D eigenvalue weighted by Gasteiger charge is 2.27. The third-order valence-corrected chi connectivity index (χ3v) is 3.45. The van der Waals surface area contributed by atoms with Gasteiger partial charge in [0.2, 0.25) is 6.10 Å². The Morgan fingerprint density at radius 2 is 2.00 bits per heavy atom. The molecule has 2 aromatic rings. The van der Waals surface area contributed by atoms with Crippen molar-refractivity contribution in [2.75, 3.05) is 13.2 Å². The number of carbonyl (C=O) groups excluding carboxylic acids is 2. The zero-order valence-corrected chi connectivity index (χ0v) is 13.5. The lowest BCUT2D eigenvalue weighted by Crippen LogP contribution is -2.46. The van der Waals surface area contributed by atoms with Crippen molar-refractivity contribution in [2.24, 2.45) is 5.10 Å². The van der Waals surface area contributed by atoms with Crippen LogP contribution in [0.25, 0.3) is 0 Å². The van der Waals surface area contributed by atoms with Gasteiger partial charge >= 0.3 is 0 Å². The number of nitrogens with zero attached hydrogens (tertiary/aromatic N) is 1. The maximum absolute atomic E-state index is 12.1. The van der Waals surface area contributed by atoms with E-state index < -0.39 is 17.9 Å². The largest absolute Gasteiger partial charge is 0.485 e. The van der Waals surface area contributed by atoms with E-state index in [-0.39, 0.29) is 13.2 Å². The van der Waals surface area contributed by atoms with Crippen molar-refractivity contribution >= 4 is 17.5 Å². The van der Waals surface area contributed by atoms with E-state index in [2.05, 4.69) is 15.8 Å². The molecular weight excluding hydrogens is 326 g/mol. The van der Waals surface area contributed by atoms with Crippen LogP contribution in [0.5, 0.6) is 11.5 Å². The Bertz CT molecular complexity index is 785. The number of fused-ring (bicyclic) bond motifs is 1. The van der Waals surface area contributed by atoms with Gasteiger partial charge in [0.15, 0.2) is 11.5 Å². The fourth-order valence-electron chi connectivity index (χ4n) is 2.16. The smallest absolute Gasteiger partial charge is 0.265 e. The van der Waals surface area contributed by atoms with Crippen molar-refractivity contribution < 1.29 is 23.5 Å². The van der Waals surface area contributed by atoms with E-state index in [1.54, 1.807) is 37.3 Å². The molecule has 1 aromatic carbocycles. The molecule has 0 saturated carbocycles. The van der Waals surface area contributed by atoms with Gasteiger partial charge < -0.3 is 19.2 Å². The third-order valence-electron chi connectivity index (χ3n) is 3.45. The molecule has 0 radical (unpaired) electrons. The van der Waals surface area contributed by atoms with Gasteiger partial charge in [-0.05, 0) is 31.2 Å². The molecule has 0 aliphatic carbocycles. The monoisotopic (exact) mass is 343 g/mol. The topological polar surface area (TPSA) is 102 Å². The van der Waals surface area contributed by atoms with Crippen LogP contribution in [0.3, 0.4) is 0 Å². The van der Waals surface area contributed by atoms with Crippen LogP contribution in [-0.4, -0.2) is 36.8 Å². The van der Waals surface area contributed by atoms with Crippen LogP contribution in [0.2, 0.25) is 0 Å². The van der Waals surface area contributed by atoms with Crippen molar-refractivity contribution in [3.8, 4) is 11.5 Å². The van der Waals surface area contributed by atoms with E-state index in [1.807, 2.05) is 6.07 Å². The van der Waals surface area contributed by atoms with Gasteiger partial charge in [-0.15, -0.1) is 0 Å². The quantitative estimate of drug-likeness (QED) is 0.625. The molecule has 1 atom stereocenters. The molecule has 8 nitrogen and oxygen atoms in total. The lowest BCUT2D eigenvalue weighted by atomic mass is 10.2. The molecule has 1 aliphatic heterocycles. The number of ether oxygens (including phenoxy) is 2. The Morgan fingerprint density at radius 3 is 2.76 bits per heavy atom. The summed E-state index contributed by atoms with van der Waals surface area (Å²) in [5, 5.41) is 6.40. The second kappa shape index (κ2) is 7.52. The minimum absolute atomic E-state index is 0.0836. The minimum atomic E-state index is -0.809. The van der Waals surface area contributed by atoms with Crippen LogP contribution in [0.15, 0.2) is 52.2 Å². The maximum atomic E-state index is 12.1. The van der Waals surface area contributed by atoms with Crippen molar-refractivity contribution in [3.05, 3.63) is 48.4 Å². The SMILES string of the molecule is C/C(=N/NC(=O)CNC(=O)[C@H]1COc2ccccc2O1)c1ccco1. The highest BCUT2D eigenvalue weighted by molar-refractivity contribution is 5.97. The van der Waals surface area contributed by atoms with Gasteiger partial charge in [-0.2, -0.15) is 5.10 Å². The Hall–Kier alpha value is -3.29. The molecule has 0 saturated heterocycles. The van der Waals surface area contributed by atoms with E-state index >= 15 is 0 Å². The summed E-state index contributed by atoms with van der Waals surface area (Å²) in [5.74, 6) is 0.743. The highest BCUT2D eigenvalue weighted by Crippen LogP contribution is 2.30. The molecule has 2 N–H and O–H groups in total. The number of rotatable bonds is 5. The Kier molecular flexibility index (Phi) is 4.98. The second-order valence-corrected chi connectivity index (χ2v) is 5.29. The van der Waals surface area contributed by atoms with Crippen LogP contribution in [0.1, 0.15) is 12.7 Å². The summed E-state index contributed by atoms with van der Waals surface area (Å²) in [6.45, 7) is 1.55. The van der Waals surface area contributed by atoms with Crippen LogP contribution in [0.4, 0.5) is 0 Å². The minimum Gasteiger partial charge on any atom is -0.485 e. The van der Waals surface area contributed by atoms with Gasteiger partial charge in [0.25, 0.3) is 11.8 Å². The van der Waals surface area contributed by atoms with E-state index in [1.165, 1.54) is 6.26 Å². The van der Waals surface area contributed by atoms with E-state index in [9.17, 15) is 9.59 Å². The first kappa shape index (κ1) is 16.6. The van der Waals surface area contributed by atoms with E-state index in [0.29, 0.717) is 23.0 Å². The predicted octanol–water partition coefficient (Wildman–Crippen LogP) is 1.08. The van der Waals surface area contributed by atoms with Gasteiger partial charge in [-0.25, -0.2) is 5.43 Å². The fraction of sp³-hybridized carbons (Fsp3) is 0.235. The molecule has 3 rings (SSSR count). The summed E-state index contributed by atoms with van der Waals surface area (Å²) in [5.41, 5.74) is 2.87. The summed E-state index contributed by atoms with van der Waals surface area (Å²) < 4.78 is 16.2. The van der Waals surface area contributed by atoms with Gasteiger partial charge in [0.1, 0.15) is 18.1 Å². The van der Waals surface area contributed by atoms with Crippen LogP contribution >= 0.6 is 0 Å². The molecular formula is C17H17N3O5. The van der Waals surface area contributed by atoms with Crippen LogP contribution < -0.4 is 20.2 Å². The first-order valence-corrected chi connectivity index (χ1v) is 7.66. The number of nitrogens with one attached hydrogen (secondary N) is 2. The standard InChI is InChI=1S/C17H17N3O5/c1-11(12-7-4-8-23-12)19-20-16(21)9-18-17(22)15-10-24-13-5-2-3-6-14(13)25-15/h2-8,15H,9-10H2,1H3,(H,18,22)(H,20,21)/b19-11-/t15-/m1/s1. The molecule has 1 aromatic heterocycles. The average Bonchev–Trinajstić information content (AvgIpc) is 3.18. The lowest BCUT2D eigenvalue weighted by Gasteiger charge is -2.25. The van der Waals surface area contributed by atoms with Gasteiger partial charge in [0, 0.05) is 0 Å². The molecule has 2 amide bonds. The summed E-state index contributed by atoms with van der Waals surface area (Å²) in [7, 11) is 0. The molecule has 1 aliphatic rings. The number of para-hydroxylation sites is 2. The Labute approximate surface area is 143 Å². The summed E-state index contributed by atoms with van der Waals surface area (Å²) in [6, 6.07) is 10.5. The Morgan fingerprint density at radius 1 is 1.20 bits per heavy atom. The van der Waals surface area contributed by atoms with Gasteiger partial charge in [0.05, 0.1) is 12.8 Å². The molecule has 130 valence electrons. The van der Waals surface area contributed by atoms with E-state index in [0.717, 1.165) is 0 Å². The molecule has 0 unspecified atom stereocenters. The summed E-state index contributed by atoms with van der Waals surface area (Å²) >= 11 is 0. The second-order valence-electron chi connectivity index (χ2n) is 5.29. The van der Waals surface area contributed by atoms with Crippen molar-refractivity contribution in [3.63, 3.8) is 0 Å². The van der Waals surface area contributed by atoms with Crippen molar-refractivity contribution in [1.82, 2.24) is 10.7 Å². The van der Waals surface area contributed by atoms with Crippen LogP contribution in [-0.2, 0) is 9.59 Å². The average molecular weight is 343 g/mol. The number of benzene rings is 1. The lowest BCUT2D eigenvalue weighted by molar-refractivity contribution is -0.132. The summed E-state index contributed by atoms with van der Waals surface area (Å²) in [6.07, 6.45) is 0.705. The number of hydrazone groups is 1. The summed E-state index contributed by atoms with van der Waals surface area (Å²) in [4.78, 5) is 23.9. The van der Waals surface area contributed by atoms with Gasteiger partial charge in [-0.3, -0.25) is 9.59 Å². The zero-order valence-electron chi connectivity index (χ0n) is 13.5. The first-order chi connectivity index (χ1) is 12.1. The Balaban J connectivity index is 1.46. The predicted molar refractivity (Wildman–Crippen MR) is 88.4 cm³/mol. The normalized spacial score (nSPS) is 16.2. The molecule has 0 fully saturated rings. The number of carbonyl (C=O) groups is 2. The number of hydrogen-bond donors (Lipinski definition) is 2. The zero-order chi connectivity index (χ0) is 17.6. The highest BCUT2D eigenvalue weighted by atomic mass is 16.6. The van der Waals surface area contributed by atoms with Gasteiger partial charge in [-0.1, -0.05) is 12.1 Å². The van der Waals surface area contributed by atoms with E-state index in [4.69, 9.17) is 13.9 Å². The fourth-order valence-corrected chi connectivity index (χ4v) is 2.16. The maximum Gasteiger partial charge on any atom is 0.265 e. The van der Waals surface area contributed by atoms with Crippen molar-refractivity contribution in [1.29, 1.82) is 0 Å². The number of hydrogen-bond acceptors (Lipinski definition) is 6. The molecule has 2 heterocycles. The third kappa shape index (κ3) is 4.17. The molecule has 0 bridgehead atoms. The molecule has 8 heteroatoms. The van der Waals surface area contributed by atoms with Crippen LogP contribution in [0, 0.1) is 0 Å². The number of amides is 2. The molecule has 0 spiro atoms. The number of furan rings is 1.